The quantitative estimate of drug-likeness (QED) is 0.151. The van der Waals surface area contributed by atoms with Crippen molar-refractivity contribution >= 4 is 34.1 Å². The Morgan fingerprint density at radius 1 is 0.397 bits per heavy atom. The molecule has 0 radical (unpaired) electrons. The third-order valence-corrected chi connectivity index (χ3v) is 14.4. The largest absolute Gasteiger partial charge is 0.310 e. The zero-order valence-electron chi connectivity index (χ0n) is 36.7. The van der Waals surface area contributed by atoms with E-state index in [-0.39, 0.29) is 5.41 Å². The van der Waals surface area contributed by atoms with Gasteiger partial charge in [0, 0.05) is 39.5 Å². The van der Waals surface area contributed by atoms with Crippen molar-refractivity contribution in [3.05, 3.63) is 227 Å². The molecule has 8 aromatic rings. The normalized spacial score (nSPS) is 15.3. The number of aryl methyl sites for hydroxylation is 4. The SMILES string of the molecule is CC1(C)c2cc(-c3ccccc3)ccc2-c2ccc(N(c3ccc(C4CCCCC4)cc3)c3cc4ccc3CCc3ccc(c(N(c5ccccc5)c5ccccc5)c3)CC4)cc21. The molecule has 63 heavy (non-hydrogen) atoms. The molecule has 0 aromatic heterocycles. The fourth-order valence-corrected chi connectivity index (χ4v) is 10.9. The predicted molar refractivity (Wildman–Crippen MR) is 266 cm³/mol. The highest BCUT2D eigenvalue weighted by atomic mass is 15.2. The van der Waals surface area contributed by atoms with E-state index in [1.807, 2.05) is 0 Å². The van der Waals surface area contributed by atoms with Crippen LogP contribution >= 0.6 is 0 Å². The molecular weight excluding hydrogens is 761 g/mol. The molecule has 0 amide bonds. The molecule has 0 spiro atoms. The molecule has 0 unspecified atom stereocenters. The van der Waals surface area contributed by atoms with Crippen molar-refractivity contribution in [1.29, 1.82) is 0 Å². The van der Waals surface area contributed by atoms with Crippen molar-refractivity contribution in [3.63, 3.8) is 0 Å². The summed E-state index contributed by atoms with van der Waals surface area (Å²) < 4.78 is 0. The molecular formula is C61H56N2. The van der Waals surface area contributed by atoms with Crippen molar-refractivity contribution in [1.82, 2.24) is 0 Å². The van der Waals surface area contributed by atoms with Crippen LogP contribution in [0.2, 0.25) is 0 Å². The van der Waals surface area contributed by atoms with Crippen LogP contribution in [0.1, 0.15) is 90.8 Å². The average Bonchev–Trinajstić information content (AvgIpc) is 3.56. The number of para-hydroxylation sites is 2. The summed E-state index contributed by atoms with van der Waals surface area (Å²) in [4.78, 5) is 5.04. The van der Waals surface area contributed by atoms with Crippen LogP contribution < -0.4 is 9.80 Å². The lowest BCUT2D eigenvalue weighted by Gasteiger charge is -2.31. The molecule has 6 aliphatic rings. The molecule has 8 aromatic carbocycles. The van der Waals surface area contributed by atoms with Gasteiger partial charge < -0.3 is 9.80 Å². The fraction of sp³-hybridized carbons (Fsp3) is 0.213. The van der Waals surface area contributed by atoms with Crippen LogP contribution in [0.4, 0.5) is 34.1 Å². The van der Waals surface area contributed by atoms with Crippen molar-refractivity contribution in [2.24, 2.45) is 0 Å². The van der Waals surface area contributed by atoms with Crippen LogP contribution in [0.15, 0.2) is 188 Å². The lowest BCUT2D eigenvalue weighted by molar-refractivity contribution is 0.443. The van der Waals surface area contributed by atoms with E-state index < -0.39 is 0 Å². The number of benzene rings is 8. The molecule has 14 rings (SSSR count). The summed E-state index contributed by atoms with van der Waals surface area (Å²) in [6, 6.07) is 71.2. The van der Waals surface area contributed by atoms with Crippen LogP contribution in [-0.4, -0.2) is 0 Å². The minimum atomic E-state index is -0.152. The highest BCUT2D eigenvalue weighted by Crippen LogP contribution is 2.52. The van der Waals surface area contributed by atoms with Crippen LogP contribution in [0.3, 0.4) is 0 Å². The number of nitrogens with zero attached hydrogens (tertiary/aromatic N) is 2. The van der Waals surface area contributed by atoms with Gasteiger partial charge in [-0.05, 0) is 172 Å². The summed E-state index contributed by atoms with van der Waals surface area (Å²) in [5, 5.41) is 0. The first kappa shape index (κ1) is 39.2. The summed E-state index contributed by atoms with van der Waals surface area (Å²) in [7, 11) is 0. The van der Waals surface area contributed by atoms with E-state index in [9.17, 15) is 0 Å². The van der Waals surface area contributed by atoms with Gasteiger partial charge in [-0.25, -0.2) is 0 Å². The summed E-state index contributed by atoms with van der Waals surface area (Å²) in [6.07, 6.45) is 10.4. The fourth-order valence-electron chi connectivity index (χ4n) is 10.9. The smallest absolute Gasteiger partial charge is 0.0496 e. The van der Waals surface area contributed by atoms with E-state index in [1.54, 1.807) is 0 Å². The van der Waals surface area contributed by atoms with Gasteiger partial charge in [0.25, 0.3) is 0 Å². The van der Waals surface area contributed by atoms with Gasteiger partial charge in [-0.2, -0.15) is 0 Å². The molecule has 0 heterocycles. The van der Waals surface area contributed by atoms with Crippen LogP contribution in [0.25, 0.3) is 22.3 Å². The molecule has 6 aliphatic carbocycles. The Morgan fingerprint density at radius 2 is 0.889 bits per heavy atom. The second-order valence-electron chi connectivity index (χ2n) is 18.7. The summed E-state index contributed by atoms with van der Waals surface area (Å²) in [5.41, 5.74) is 22.2. The Labute approximate surface area is 374 Å². The number of rotatable bonds is 8. The van der Waals surface area contributed by atoms with Crippen LogP contribution in [-0.2, 0) is 31.1 Å². The summed E-state index contributed by atoms with van der Waals surface area (Å²) in [6.45, 7) is 4.83. The van der Waals surface area contributed by atoms with Gasteiger partial charge in [-0.3, -0.25) is 0 Å². The standard InChI is InChI=1S/C61H56N2/c1-61(2)57-41-50(46-17-9-4-10-18-46)33-37-55(57)56-38-36-54(42-58(56)61)63(53-34-31-47(32-35-53)45-15-7-3-8-16-45)60-40-44-24-28-48-27-23-43(25-29-49(60)30-26-44)39-59(48)62(51-19-11-5-12-20-51)52-21-13-6-14-22-52/h4-6,9-14,17-23,26-27,30-42,45H,3,7-8,15-16,24-25,28-29H2,1-2H3. The Bertz CT molecular complexity index is 2850. The van der Waals surface area contributed by atoms with E-state index in [1.165, 1.54) is 127 Å². The van der Waals surface area contributed by atoms with Gasteiger partial charge in [-0.1, -0.05) is 154 Å². The maximum atomic E-state index is 2.59. The topological polar surface area (TPSA) is 6.48 Å². The zero-order valence-corrected chi connectivity index (χ0v) is 36.7. The highest BCUT2D eigenvalue weighted by molar-refractivity contribution is 5.88. The monoisotopic (exact) mass is 816 g/mol. The lowest BCUT2D eigenvalue weighted by Crippen LogP contribution is -2.18. The van der Waals surface area contributed by atoms with Crippen molar-refractivity contribution in [2.75, 3.05) is 9.80 Å². The molecule has 0 aliphatic heterocycles. The van der Waals surface area contributed by atoms with E-state index in [2.05, 4.69) is 212 Å². The van der Waals surface area contributed by atoms with Gasteiger partial charge in [0.1, 0.15) is 0 Å². The minimum absolute atomic E-state index is 0.152. The third-order valence-electron chi connectivity index (χ3n) is 14.4. The van der Waals surface area contributed by atoms with E-state index >= 15 is 0 Å². The van der Waals surface area contributed by atoms with Gasteiger partial charge in [0.15, 0.2) is 0 Å². The predicted octanol–water partition coefficient (Wildman–Crippen LogP) is 16.5. The van der Waals surface area contributed by atoms with Crippen LogP contribution in [0, 0.1) is 0 Å². The minimum Gasteiger partial charge on any atom is -0.310 e. The lowest BCUT2D eigenvalue weighted by atomic mass is 9.81. The number of hydrogen-bond acceptors (Lipinski definition) is 2. The Balaban J connectivity index is 0.999. The van der Waals surface area contributed by atoms with Crippen molar-refractivity contribution in [2.45, 2.75) is 83.0 Å². The molecule has 310 valence electrons. The Hall–Kier alpha value is -6.64. The molecule has 0 saturated heterocycles. The van der Waals surface area contributed by atoms with Crippen LogP contribution in [0.5, 0.6) is 0 Å². The Kier molecular flexibility index (Phi) is 10.3. The Morgan fingerprint density at radius 3 is 1.48 bits per heavy atom. The maximum Gasteiger partial charge on any atom is 0.0496 e. The van der Waals surface area contributed by atoms with Crippen molar-refractivity contribution < 1.29 is 0 Å². The number of hydrogen-bond donors (Lipinski definition) is 0. The second kappa shape index (κ2) is 16.6. The number of fused-ring (bicyclic) bond motifs is 3. The summed E-state index contributed by atoms with van der Waals surface area (Å²) in [5.74, 6) is 0.668. The van der Waals surface area contributed by atoms with Gasteiger partial charge in [0.05, 0.1) is 0 Å². The molecule has 0 atom stereocenters. The number of anilines is 6. The second-order valence-corrected chi connectivity index (χ2v) is 18.7. The molecule has 2 nitrogen and oxygen atoms in total. The maximum absolute atomic E-state index is 2.59. The molecule has 2 heteroatoms. The van der Waals surface area contributed by atoms with E-state index in [4.69, 9.17) is 0 Å². The summed E-state index contributed by atoms with van der Waals surface area (Å²) >= 11 is 0. The van der Waals surface area contributed by atoms with Gasteiger partial charge in [0.2, 0.25) is 0 Å². The molecule has 0 N–H and O–H groups in total. The average molecular weight is 817 g/mol. The van der Waals surface area contributed by atoms with Gasteiger partial charge >= 0.3 is 0 Å². The van der Waals surface area contributed by atoms with E-state index in [0.717, 1.165) is 25.7 Å². The molecule has 1 saturated carbocycles. The van der Waals surface area contributed by atoms with Crippen molar-refractivity contribution in [3.8, 4) is 22.3 Å². The third kappa shape index (κ3) is 7.46. The first-order valence-electron chi connectivity index (χ1n) is 23.4. The zero-order chi connectivity index (χ0) is 42.3. The first-order valence-corrected chi connectivity index (χ1v) is 23.4. The molecule has 1 fully saturated rings. The highest BCUT2D eigenvalue weighted by Gasteiger charge is 2.36. The van der Waals surface area contributed by atoms with Gasteiger partial charge in [-0.15, -0.1) is 0 Å². The first-order chi connectivity index (χ1) is 31.0. The van der Waals surface area contributed by atoms with E-state index in [0.29, 0.717) is 5.92 Å². The molecule has 4 bridgehead atoms.